The van der Waals surface area contributed by atoms with Gasteiger partial charge in [-0.1, -0.05) is 20.8 Å². The maximum absolute atomic E-state index is 13.4. The number of halogens is 1. The summed E-state index contributed by atoms with van der Waals surface area (Å²) in [7, 11) is 0. The smallest absolute Gasteiger partial charge is 0.140 e. The fourth-order valence-corrected chi connectivity index (χ4v) is 3.30. The number of pyridine rings is 2. The molecule has 3 aromatic rings. The average Bonchev–Trinajstić information content (AvgIpc) is 2.59. The van der Waals surface area contributed by atoms with Gasteiger partial charge in [0.25, 0.3) is 0 Å². The van der Waals surface area contributed by atoms with Gasteiger partial charge in [-0.15, -0.1) is 0 Å². The molecule has 1 atom stereocenters. The van der Waals surface area contributed by atoms with Gasteiger partial charge in [-0.25, -0.2) is 9.37 Å². The molecular formula is C22H25FN2O. The van der Waals surface area contributed by atoms with Crippen molar-refractivity contribution in [1.29, 1.82) is 0 Å². The molecule has 2 aromatic heterocycles. The summed E-state index contributed by atoms with van der Waals surface area (Å²) < 4.78 is 19.4. The Hall–Kier alpha value is -2.49. The van der Waals surface area contributed by atoms with Gasteiger partial charge in [0.15, 0.2) is 0 Å². The van der Waals surface area contributed by atoms with E-state index in [0.717, 1.165) is 34.5 Å². The number of benzene rings is 1. The number of hydrogen-bond donors (Lipinski definition) is 0. The zero-order valence-corrected chi connectivity index (χ0v) is 15.8. The van der Waals surface area contributed by atoms with Crippen LogP contribution >= 0.6 is 0 Å². The van der Waals surface area contributed by atoms with E-state index in [0.29, 0.717) is 24.0 Å². The van der Waals surface area contributed by atoms with Crippen molar-refractivity contribution in [2.24, 2.45) is 11.8 Å². The maximum Gasteiger partial charge on any atom is 0.140 e. The number of aryl methyl sites for hydroxylation is 1. The molecule has 26 heavy (non-hydrogen) atoms. The largest absolute Gasteiger partial charge is 0.491 e. The second-order valence-electron chi connectivity index (χ2n) is 7.35. The Balaban J connectivity index is 1.84. The fourth-order valence-electron chi connectivity index (χ4n) is 3.30. The standard InChI is InChI=1S/C22H25FN2O/c1-14(2)11-15(3)13-26-22-8-7-20(25-16(22)4)19-9-10-24-21-12-17(23)5-6-18(19)21/h5-10,12,14-15H,11,13H2,1-4H3. The van der Waals surface area contributed by atoms with Gasteiger partial charge in [-0.3, -0.25) is 4.98 Å². The van der Waals surface area contributed by atoms with Crippen LogP contribution in [-0.2, 0) is 0 Å². The number of aromatic nitrogens is 2. The van der Waals surface area contributed by atoms with Crippen molar-refractivity contribution >= 4 is 10.9 Å². The number of hydrogen-bond acceptors (Lipinski definition) is 3. The van der Waals surface area contributed by atoms with E-state index in [1.165, 1.54) is 12.1 Å². The first-order chi connectivity index (χ1) is 12.4. The lowest BCUT2D eigenvalue weighted by Crippen LogP contribution is -2.11. The van der Waals surface area contributed by atoms with Crippen LogP contribution < -0.4 is 4.74 Å². The fraction of sp³-hybridized carbons (Fsp3) is 0.364. The molecule has 0 aliphatic heterocycles. The van der Waals surface area contributed by atoms with E-state index in [1.54, 1.807) is 12.3 Å². The maximum atomic E-state index is 13.4. The van der Waals surface area contributed by atoms with Gasteiger partial charge >= 0.3 is 0 Å². The topological polar surface area (TPSA) is 35.0 Å². The first-order valence-electron chi connectivity index (χ1n) is 9.09. The molecule has 1 aromatic carbocycles. The molecule has 136 valence electrons. The van der Waals surface area contributed by atoms with Crippen LogP contribution in [0.4, 0.5) is 4.39 Å². The molecule has 0 saturated carbocycles. The third-order valence-electron chi connectivity index (χ3n) is 4.42. The first-order valence-corrected chi connectivity index (χ1v) is 9.09. The van der Waals surface area contributed by atoms with Crippen LogP contribution in [0.15, 0.2) is 42.6 Å². The minimum atomic E-state index is -0.287. The highest BCUT2D eigenvalue weighted by molar-refractivity contribution is 5.93. The van der Waals surface area contributed by atoms with E-state index in [1.807, 2.05) is 25.1 Å². The summed E-state index contributed by atoms with van der Waals surface area (Å²) in [5.74, 6) is 1.70. The molecule has 0 N–H and O–H groups in total. The predicted molar refractivity (Wildman–Crippen MR) is 104 cm³/mol. The Morgan fingerprint density at radius 3 is 2.62 bits per heavy atom. The zero-order valence-electron chi connectivity index (χ0n) is 15.8. The normalized spacial score (nSPS) is 12.5. The van der Waals surface area contributed by atoms with Crippen molar-refractivity contribution in [3.05, 3.63) is 54.1 Å². The second-order valence-corrected chi connectivity index (χ2v) is 7.35. The van der Waals surface area contributed by atoms with Crippen LogP contribution in [0.1, 0.15) is 32.9 Å². The van der Waals surface area contributed by atoms with Gasteiger partial charge in [-0.2, -0.15) is 0 Å². The summed E-state index contributed by atoms with van der Waals surface area (Å²) in [5, 5.41) is 0.889. The quantitative estimate of drug-likeness (QED) is 0.562. The predicted octanol–water partition coefficient (Wildman–Crippen LogP) is 5.81. The van der Waals surface area contributed by atoms with Gasteiger partial charge in [0.2, 0.25) is 0 Å². The third kappa shape index (κ3) is 4.18. The minimum Gasteiger partial charge on any atom is -0.491 e. The van der Waals surface area contributed by atoms with E-state index in [2.05, 4.69) is 25.8 Å². The molecule has 1 unspecified atom stereocenters. The van der Waals surface area contributed by atoms with Crippen LogP contribution in [0.2, 0.25) is 0 Å². The molecule has 0 amide bonds. The molecule has 2 heterocycles. The molecule has 0 aliphatic rings. The number of nitrogens with zero attached hydrogens (tertiary/aromatic N) is 2. The highest BCUT2D eigenvalue weighted by atomic mass is 19.1. The second kappa shape index (κ2) is 7.81. The van der Waals surface area contributed by atoms with Crippen LogP contribution in [0.25, 0.3) is 22.2 Å². The highest BCUT2D eigenvalue weighted by Crippen LogP contribution is 2.29. The average molecular weight is 352 g/mol. The Labute approximate surface area is 154 Å². The van der Waals surface area contributed by atoms with Crippen molar-refractivity contribution < 1.29 is 9.13 Å². The number of fused-ring (bicyclic) bond motifs is 1. The van der Waals surface area contributed by atoms with E-state index < -0.39 is 0 Å². The van der Waals surface area contributed by atoms with Crippen LogP contribution in [-0.4, -0.2) is 16.6 Å². The number of rotatable bonds is 6. The molecule has 0 fully saturated rings. The third-order valence-corrected chi connectivity index (χ3v) is 4.42. The molecule has 3 nitrogen and oxygen atoms in total. The SMILES string of the molecule is Cc1nc(-c2ccnc3cc(F)ccc23)ccc1OCC(C)CC(C)C. The summed E-state index contributed by atoms with van der Waals surface area (Å²) >= 11 is 0. The van der Waals surface area contributed by atoms with Crippen molar-refractivity contribution in [2.75, 3.05) is 6.61 Å². The van der Waals surface area contributed by atoms with Crippen molar-refractivity contribution in [3.8, 4) is 17.0 Å². The Morgan fingerprint density at radius 1 is 1.08 bits per heavy atom. The summed E-state index contributed by atoms with van der Waals surface area (Å²) in [5.41, 5.74) is 3.26. The van der Waals surface area contributed by atoms with Gasteiger partial charge in [0, 0.05) is 23.2 Å². The van der Waals surface area contributed by atoms with Gasteiger partial charge in [-0.05, 0) is 55.5 Å². The highest BCUT2D eigenvalue weighted by Gasteiger charge is 2.11. The van der Waals surface area contributed by atoms with E-state index >= 15 is 0 Å². The summed E-state index contributed by atoms with van der Waals surface area (Å²) in [4.78, 5) is 8.96. The molecule has 0 saturated heterocycles. The molecule has 0 radical (unpaired) electrons. The Morgan fingerprint density at radius 2 is 1.88 bits per heavy atom. The van der Waals surface area contributed by atoms with Crippen molar-refractivity contribution in [3.63, 3.8) is 0 Å². The molecule has 0 bridgehead atoms. The molecule has 4 heteroatoms. The summed E-state index contributed by atoms with van der Waals surface area (Å²) in [6.07, 6.45) is 2.83. The van der Waals surface area contributed by atoms with Crippen molar-refractivity contribution in [1.82, 2.24) is 9.97 Å². The van der Waals surface area contributed by atoms with E-state index in [9.17, 15) is 4.39 Å². The van der Waals surface area contributed by atoms with Crippen LogP contribution in [0, 0.1) is 24.6 Å². The molecule has 0 aliphatic carbocycles. The number of ether oxygens (including phenoxy) is 1. The zero-order chi connectivity index (χ0) is 18.7. The lowest BCUT2D eigenvalue weighted by Gasteiger charge is -2.16. The summed E-state index contributed by atoms with van der Waals surface area (Å²) in [6.45, 7) is 9.30. The van der Waals surface area contributed by atoms with Crippen LogP contribution in [0.3, 0.4) is 0 Å². The first kappa shape index (κ1) is 18.3. The minimum absolute atomic E-state index is 0.287. The Bertz CT molecular complexity index is 908. The summed E-state index contributed by atoms with van der Waals surface area (Å²) in [6, 6.07) is 10.5. The van der Waals surface area contributed by atoms with Gasteiger partial charge < -0.3 is 4.74 Å². The van der Waals surface area contributed by atoms with E-state index in [-0.39, 0.29) is 5.82 Å². The van der Waals surface area contributed by atoms with E-state index in [4.69, 9.17) is 9.72 Å². The van der Waals surface area contributed by atoms with Crippen LogP contribution in [0.5, 0.6) is 5.75 Å². The van der Waals surface area contributed by atoms with Gasteiger partial charge in [0.1, 0.15) is 11.6 Å². The molecule has 3 rings (SSSR count). The van der Waals surface area contributed by atoms with Crippen molar-refractivity contribution in [2.45, 2.75) is 34.1 Å². The lowest BCUT2D eigenvalue weighted by atomic mass is 10.00. The van der Waals surface area contributed by atoms with Gasteiger partial charge in [0.05, 0.1) is 23.5 Å². The lowest BCUT2D eigenvalue weighted by molar-refractivity contribution is 0.237. The Kier molecular flexibility index (Phi) is 5.50. The monoisotopic (exact) mass is 352 g/mol. The molecular weight excluding hydrogens is 327 g/mol. The molecule has 0 spiro atoms.